The molecule has 2 N–H and O–H groups in total. The van der Waals surface area contributed by atoms with E-state index in [0.29, 0.717) is 5.11 Å². The van der Waals surface area contributed by atoms with Gasteiger partial charge in [-0.25, -0.2) is 4.98 Å². The largest absolute Gasteiger partial charge is 0.362 e. The molecule has 21 heavy (non-hydrogen) atoms. The Labute approximate surface area is 135 Å². The van der Waals surface area contributed by atoms with E-state index in [2.05, 4.69) is 39.9 Å². The molecular weight excluding hydrogens is 298 g/mol. The van der Waals surface area contributed by atoms with Crippen LogP contribution in [-0.2, 0) is 5.75 Å². The SMILES string of the molecule is Cc1ccc(NC(=S)NCCSCc2ccccc2)nc1. The van der Waals surface area contributed by atoms with Gasteiger partial charge in [0, 0.05) is 24.2 Å². The number of thiocarbonyl (C=S) groups is 1. The molecule has 0 aliphatic carbocycles. The monoisotopic (exact) mass is 317 g/mol. The molecule has 5 heteroatoms. The second-order valence-corrected chi connectivity index (χ2v) is 6.15. The Morgan fingerprint density at radius 3 is 2.71 bits per heavy atom. The lowest BCUT2D eigenvalue weighted by Gasteiger charge is -2.09. The Bertz CT molecular complexity index is 555. The van der Waals surface area contributed by atoms with Crippen LogP contribution in [0.15, 0.2) is 48.7 Å². The van der Waals surface area contributed by atoms with E-state index in [-0.39, 0.29) is 0 Å². The van der Waals surface area contributed by atoms with Crippen LogP contribution in [0.3, 0.4) is 0 Å². The van der Waals surface area contributed by atoms with E-state index < -0.39 is 0 Å². The van der Waals surface area contributed by atoms with Crippen LogP contribution < -0.4 is 10.6 Å². The molecular formula is C16H19N3S2. The van der Waals surface area contributed by atoms with Crippen molar-refractivity contribution >= 4 is 34.9 Å². The van der Waals surface area contributed by atoms with E-state index in [4.69, 9.17) is 12.2 Å². The summed E-state index contributed by atoms with van der Waals surface area (Å²) in [6.45, 7) is 2.85. The van der Waals surface area contributed by atoms with Crippen molar-refractivity contribution in [3.8, 4) is 0 Å². The Hall–Kier alpha value is -1.59. The number of pyridine rings is 1. The first kappa shape index (κ1) is 15.8. The lowest BCUT2D eigenvalue weighted by atomic mass is 10.2. The molecule has 0 spiro atoms. The maximum Gasteiger partial charge on any atom is 0.171 e. The van der Waals surface area contributed by atoms with Crippen LogP contribution in [0, 0.1) is 6.92 Å². The van der Waals surface area contributed by atoms with Crippen LogP contribution in [0.2, 0.25) is 0 Å². The fraction of sp³-hybridized carbons (Fsp3) is 0.250. The molecule has 0 amide bonds. The number of anilines is 1. The van der Waals surface area contributed by atoms with Crippen LogP contribution in [0.25, 0.3) is 0 Å². The third-order valence-electron chi connectivity index (χ3n) is 2.80. The molecule has 110 valence electrons. The predicted molar refractivity (Wildman–Crippen MR) is 95.8 cm³/mol. The standard InChI is InChI=1S/C16H19N3S2/c1-13-7-8-15(18-11-13)19-16(20)17-9-10-21-12-14-5-3-2-4-6-14/h2-8,11H,9-10,12H2,1H3,(H2,17,18,19,20). The molecule has 1 aromatic heterocycles. The van der Waals surface area contributed by atoms with Crippen molar-refractivity contribution in [2.45, 2.75) is 12.7 Å². The van der Waals surface area contributed by atoms with E-state index in [0.717, 1.165) is 29.4 Å². The Morgan fingerprint density at radius 2 is 2.00 bits per heavy atom. The summed E-state index contributed by atoms with van der Waals surface area (Å²) in [6.07, 6.45) is 1.82. The highest BCUT2D eigenvalue weighted by Crippen LogP contribution is 2.10. The molecule has 0 bridgehead atoms. The Balaban J connectivity index is 1.60. The quantitative estimate of drug-likeness (QED) is 0.629. The van der Waals surface area contributed by atoms with E-state index in [1.165, 1.54) is 5.56 Å². The zero-order valence-corrected chi connectivity index (χ0v) is 13.6. The average molecular weight is 317 g/mol. The minimum absolute atomic E-state index is 0.617. The maximum absolute atomic E-state index is 5.24. The van der Waals surface area contributed by atoms with Crippen molar-refractivity contribution in [1.29, 1.82) is 0 Å². The molecule has 3 nitrogen and oxygen atoms in total. The summed E-state index contributed by atoms with van der Waals surface area (Å²) in [7, 11) is 0. The third-order valence-corrected chi connectivity index (χ3v) is 4.07. The summed E-state index contributed by atoms with van der Waals surface area (Å²) in [4.78, 5) is 4.26. The number of thioether (sulfide) groups is 1. The Morgan fingerprint density at radius 1 is 1.19 bits per heavy atom. The highest BCUT2D eigenvalue weighted by Gasteiger charge is 1.98. The van der Waals surface area contributed by atoms with Gasteiger partial charge in [0.25, 0.3) is 0 Å². The van der Waals surface area contributed by atoms with Gasteiger partial charge >= 0.3 is 0 Å². The molecule has 0 aliphatic heterocycles. The minimum atomic E-state index is 0.617. The summed E-state index contributed by atoms with van der Waals surface area (Å²) in [5.74, 6) is 2.82. The van der Waals surface area contributed by atoms with Gasteiger partial charge in [0.2, 0.25) is 0 Å². The van der Waals surface area contributed by atoms with E-state index in [1.54, 1.807) is 0 Å². The van der Waals surface area contributed by atoms with Crippen LogP contribution >= 0.6 is 24.0 Å². The van der Waals surface area contributed by atoms with Crippen molar-refractivity contribution < 1.29 is 0 Å². The van der Waals surface area contributed by atoms with Gasteiger partial charge < -0.3 is 10.6 Å². The van der Waals surface area contributed by atoms with Gasteiger partial charge in [-0.2, -0.15) is 11.8 Å². The summed E-state index contributed by atoms with van der Waals surface area (Å²) < 4.78 is 0. The Kier molecular flexibility index (Phi) is 6.50. The summed E-state index contributed by atoms with van der Waals surface area (Å²) in [5, 5.41) is 6.89. The average Bonchev–Trinajstić information content (AvgIpc) is 2.50. The van der Waals surface area contributed by atoms with Crippen LogP contribution in [-0.4, -0.2) is 22.4 Å². The van der Waals surface area contributed by atoms with Crippen molar-refractivity contribution in [2.75, 3.05) is 17.6 Å². The zero-order valence-electron chi connectivity index (χ0n) is 12.0. The van der Waals surface area contributed by atoms with Crippen LogP contribution in [0.4, 0.5) is 5.82 Å². The maximum atomic E-state index is 5.24. The van der Waals surface area contributed by atoms with Crippen molar-refractivity contribution in [3.63, 3.8) is 0 Å². The zero-order chi connectivity index (χ0) is 14.9. The lowest BCUT2D eigenvalue weighted by molar-refractivity contribution is 0.988. The van der Waals surface area contributed by atoms with Crippen molar-refractivity contribution in [2.24, 2.45) is 0 Å². The molecule has 1 aromatic carbocycles. The molecule has 0 atom stereocenters. The van der Waals surface area contributed by atoms with Crippen LogP contribution in [0.1, 0.15) is 11.1 Å². The minimum Gasteiger partial charge on any atom is -0.362 e. The predicted octanol–water partition coefficient (Wildman–Crippen LogP) is 3.61. The number of hydrogen-bond donors (Lipinski definition) is 2. The number of nitrogens with one attached hydrogen (secondary N) is 2. The summed E-state index contributed by atoms with van der Waals surface area (Å²) >= 11 is 7.13. The molecule has 0 radical (unpaired) electrons. The molecule has 2 rings (SSSR count). The number of aromatic nitrogens is 1. The first-order valence-corrected chi connectivity index (χ1v) is 8.39. The normalized spacial score (nSPS) is 10.1. The highest BCUT2D eigenvalue weighted by atomic mass is 32.2. The molecule has 0 aliphatic rings. The van der Waals surface area contributed by atoms with Crippen molar-refractivity contribution in [1.82, 2.24) is 10.3 Å². The topological polar surface area (TPSA) is 37.0 Å². The lowest BCUT2D eigenvalue weighted by Crippen LogP contribution is -2.30. The van der Waals surface area contributed by atoms with E-state index >= 15 is 0 Å². The van der Waals surface area contributed by atoms with Gasteiger partial charge in [0.1, 0.15) is 5.82 Å². The number of hydrogen-bond acceptors (Lipinski definition) is 3. The second-order valence-electron chi connectivity index (χ2n) is 4.64. The van der Waals surface area contributed by atoms with Crippen molar-refractivity contribution in [3.05, 3.63) is 59.8 Å². The fourth-order valence-corrected chi connectivity index (χ4v) is 2.73. The van der Waals surface area contributed by atoms with E-state index in [1.807, 2.05) is 43.1 Å². The summed E-state index contributed by atoms with van der Waals surface area (Å²) in [6, 6.07) is 14.4. The fourth-order valence-electron chi connectivity index (χ4n) is 1.70. The number of aryl methyl sites for hydroxylation is 1. The second kappa shape index (κ2) is 8.64. The first-order valence-electron chi connectivity index (χ1n) is 6.83. The first-order chi connectivity index (χ1) is 10.2. The van der Waals surface area contributed by atoms with Gasteiger partial charge in [-0.15, -0.1) is 0 Å². The van der Waals surface area contributed by atoms with E-state index in [9.17, 15) is 0 Å². The van der Waals surface area contributed by atoms with Gasteiger partial charge in [0.15, 0.2) is 5.11 Å². The van der Waals surface area contributed by atoms with Gasteiger partial charge in [-0.05, 0) is 36.3 Å². The molecule has 0 saturated carbocycles. The smallest absolute Gasteiger partial charge is 0.171 e. The molecule has 0 fully saturated rings. The van der Waals surface area contributed by atoms with Gasteiger partial charge in [-0.3, -0.25) is 0 Å². The molecule has 0 unspecified atom stereocenters. The number of rotatable bonds is 6. The van der Waals surface area contributed by atoms with Gasteiger partial charge in [0.05, 0.1) is 0 Å². The third kappa shape index (κ3) is 6.14. The number of nitrogens with zero attached hydrogens (tertiary/aromatic N) is 1. The van der Waals surface area contributed by atoms with Gasteiger partial charge in [-0.1, -0.05) is 36.4 Å². The number of benzene rings is 1. The highest BCUT2D eigenvalue weighted by molar-refractivity contribution is 7.98. The molecule has 1 heterocycles. The van der Waals surface area contributed by atoms with Crippen LogP contribution in [0.5, 0.6) is 0 Å². The molecule has 0 saturated heterocycles. The molecule has 2 aromatic rings. The summed E-state index contributed by atoms with van der Waals surface area (Å²) in [5.41, 5.74) is 2.49.